The SMILES string of the molecule is NCCCCCNC(=O)/C=C/c1ccco1. The van der Waals surface area contributed by atoms with Gasteiger partial charge < -0.3 is 15.5 Å². The van der Waals surface area contributed by atoms with Gasteiger partial charge in [0.2, 0.25) is 5.91 Å². The highest BCUT2D eigenvalue weighted by Crippen LogP contribution is 2.01. The third-order valence-electron chi connectivity index (χ3n) is 2.12. The molecule has 0 aliphatic carbocycles. The van der Waals surface area contributed by atoms with E-state index < -0.39 is 0 Å². The topological polar surface area (TPSA) is 68.3 Å². The second-order valence-electron chi connectivity index (χ2n) is 3.49. The highest BCUT2D eigenvalue weighted by atomic mass is 16.3. The lowest BCUT2D eigenvalue weighted by Crippen LogP contribution is -2.22. The van der Waals surface area contributed by atoms with E-state index >= 15 is 0 Å². The smallest absolute Gasteiger partial charge is 0.244 e. The van der Waals surface area contributed by atoms with Gasteiger partial charge in [0, 0.05) is 12.6 Å². The first-order valence-corrected chi connectivity index (χ1v) is 5.52. The summed E-state index contributed by atoms with van der Waals surface area (Å²) in [5.74, 6) is 0.586. The Morgan fingerprint density at radius 2 is 2.31 bits per heavy atom. The lowest BCUT2D eigenvalue weighted by atomic mass is 10.2. The molecule has 88 valence electrons. The van der Waals surface area contributed by atoms with Crippen LogP contribution in [0.1, 0.15) is 25.0 Å². The lowest BCUT2D eigenvalue weighted by molar-refractivity contribution is -0.116. The zero-order valence-electron chi connectivity index (χ0n) is 9.32. The maximum atomic E-state index is 11.3. The maximum Gasteiger partial charge on any atom is 0.244 e. The van der Waals surface area contributed by atoms with Gasteiger partial charge in [0.25, 0.3) is 0 Å². The summed E-state index contributed by atoms with van der Waals surface area (Å²) in [6.07, 6.45) is 7.73. The van der Waals surface area contributed by atoms with Gasteiger partial charge in [0.1, 0.15) is 5.76 Å². The molecule has 0 bridgehead atoms. The normalized spacial score (nSPS) is 10.8. The predicted molar refractivity (Wildman–Crippen MR) is 63.7 cm³/mol. The third kappa shape index (κ3) is 5.36. The molecular weight excluding hydrogens is 204 g/mol. The van der Waals surface area contributed by atoms with Crippen molar-refractivity contribution in [1.29, 1.82) is 0 Å². The number of hydrogen-bond acceptors (Lipinski definition) is 3. The molecule has 0 saturated heterocycles. The Morgan fingerprint density at radius 1 is 1.44 bits per heavy atom. The highest BCUT2D eigenvalue weighted by Gasteiger charge is 1.95. The van der Waals surface area contributed by atoms with Gasteiger partial charge >= 0.3 is 0 Å². The fourth-order valence-electron chi connectivity index (χ4n) is 1.26. The molecule has 0 aliphatic heterocycles. The Labute approximate surface area is 95.5 Å². The van der Waals surface area contributed by atoms with Crippen LogP contribution in [-0.2, 0) is 4.79 Å². The highest BCUT2D eigenvalue weighted by molar-refractivity contribution is 5.91. The standard InChI is InChI=1S/C12H18N2O2/c13-8-2-1-3-9-14-12(15)7-6-11-5-4-10-16-11/h4-7,10H,1-3,8-9,13H2,(H,14,15)/b7-6+. The first-order valence-electron chi connectivity index (χ1n) is 5.52. The molecule has 16 heavy (non-hydrogen) atoms. The van der Waals surface area contributed by atoms with Gasteiger partial charge in [-0.1, -0.05) is 6.42 Å². The van der Waals surface area contributed by atoms with E-state index in [0.717, 1.165) is 19.3 Å². The summed E-state index contributed by atoms with van der Waals surface area (Å²) in [4.78, 5) is 11.3. The van der Waals surface area contributed by atoms with Gasteiger partial charge in [-0.25, -0.2) is 0 Å². The van der Waals surface area contributed by atoms with Crippen LogP contribution in [0.2, 0.25) is 0 Å². The molecule has 0 aliphatic rings. The second kappa shape index (κ2) is 7.70. The molecule has 1 aromatic heterocycles. The molecule has 1 rings (SSSR count). The Kier molecular flexibility index (Phi) is 6.03. The summed E-state index contributed by atoms with van der Waals surface area (Å²) in [7, 11) is 0. The van der Waals surface area contributed by atoms with Crippen molar-refractivity contribution in [3.63, 3.8) is 0 Å². The Morgan fingerprint density at radius 3 is 3.00 bits per heavy atom. The lowest BCUT2D eigenvalue weighted by Gasteiger charge is -2.00. The van der Waals surface area contributed by atoms with Crippen LogP contribution >= 0.6 is 0 Å². The van der Waals surface area contributed by atoms with Crippen molar-refractivity contribution >= 4 is 12.0 Å². The number of unbranched alkanes of at least 4 members (excludes halogenated alkanes) is 2. The number of amides is 1. The largest absolute Gasteiger partial charge is 0.465 e. The zero-order valence-corrected chi connectivity index (χ0v) is 9.32. The molecule has 0 saturated carbocycles. The number of nitrogens with two attached hydrogens (primary N) is 1. The molecule has 1 heterocycles. The Balaban J connectivity index is 2.11. The molecule has 0 fully saturated rings. The first-order chi connectivity index (χ1) is 7.83. The van der Waals surface area contributed by atoms with Crippen LogP contribution < -0.4 is 11.1 Å². The van der Waals surface area contributed by atoms with Crippen LogP contribution in [0.25, 0.3) is 6.08 Å². The molecule has 0 aromatic carbocycles. The minimum Gasteiger partial charge on any atom is -0.465 e. The predicted octanol–water partition coefficient (Wildman–Crippen LogP) is 1.54. The van der Waals surface area contributed by atoms with Gasteiger partial charge in [-0.05, 0) is 37.6 Å². The van der Waals surface area contributed by atoms with E-state index in [-0.39, 0.29) is 5.91 Å². The number of carbonyl (C=O) groups excluding carboxylic acids is 1. The first kappa shape index (κ1) is 12.5. The molecule has 0 radical (unpaired) electrons. The van der Waals surface area contributed by atoms with Gasteiger partial charge in [-0.15, -0.1) is 0 Å². The van der Waals surface area contributed by atoms with E-state index in [1.54, 1.807) is 24.5 Å². The number of nitrogens with one attached hydrogen (secondary N) is 1. The summed E-state index contributed by atoms with van der Waals surface area (Å²) in [5.41, 5.74) is 5.36. The summed E-state index contributed by atoms with van der Waals surface area (Å²) >= 11 is 0. The van der Waals surface area contributed by atoms with Crippen molar-refractivity contribution in [3.05, 3.63) is 30.2 Å². The van der Waals surface area contributed by atoms with Crippen LogP contribution in [0.15, 0.2) is 28.9 Å². The second-order valence-corrected chi connectivity index (χ2v) is 3.49. The van der Waals surface area contributed by atoms with Crippen LogP contribution in [0.4, 0.5) is 0 Å². The zero-order chi connectivity index (χ0) is 11.6. The van der Waals surface area contributed by atoms with Crippen LogP contribution in [-0.4, -0.2) is 19.0 Å². The molecule has 1 amide bonds. The summed E-state index contributed by atoms with van der Waals surface area (Å²) in [6.45, 7) is 1.41. The monoisotopic (exact) mass is 222 g/mol. The van der Waals surface area contributed by atoms with E-state index in [1.807, 2.05) is 0 Å². The van der Waals surface area contributed by atoms with E-state index in [0.29, 0.717) is 18.8 Å². The minimum atomic E-state index is -0.0934. The molecule has 3 N–H and O–H groups in total. The molecular formula is C12H18N2O2. The summed E-state index contributed by atoms with van der Waals surface area (Å²) in [5, 5.41) is 2.80. The van der Waals surface area contributed by atoms with Crippen molar-refractivity contribution in [2.45, 2.75) is 19.3 Å². The Bertz CT molecular complexity index is 318. The van der Waals surface area contributed by atoms with E-state index in [9.17, 15) is 4.79 Å². The van der Waals surface area contributed by atoms with Crippen molar-refractivity contribution in [2.75, 3.05) is 13.1 Å². The number of hydrogen-bond donors (Lipinski definition) is 2. The molecule has 1 aromatic rings. The van der Waals surface area contributed by atoms with Crippen molar-refractivity contribution in [3.8, 4) is 0 Å². The molecule has 0 unspecified atom stereocenters. The van der Waals surface area contributed by atoms with Gasteiger partial charge in [-0.3, -0.25) is 4.79 Å². The van der Waals surface area contributed by atoms with Gasteiger partial charge in [-0.2, -0.15) is 0 Å². The molecule has 4 nitrogen and oxygen atoms in total. The Hall–Kier alpha value is -1.55. The minimum absolute atomic E-state index is 0.0934. The average Bonchev–Trinajstić information content (AvgIpc) is 2.79. The number of carbonyl (C=O) groups is 1. The third-order valence-corrected chi connectivity index (χ3v) is 2.12. The fourth-order valence-corrected chi connectivity index (χ4v) is 1.26. The van der Waals surface area contributed by atoms with E-state index in [4.69, 9.17) is 10.2 Å². The van der Waals surface area contributed by atoms with Gasteiger partial charge in [0.05, 0.1) is 6.26 Å². The van der Waals surface area contributed by atoms with Crippen LogP contribution in [0.5, 0.6) is 0 Å². The fraction of sp³-hybridized carbons (Fsp3) is 0.417. The van der Waals surface area contributed by atoms with E-state index in [2.05, 4.69) is 5.32 Å². The summed E-state index contributed by atoms with van der Waals surface area (Å²) < 4.78 is 5.06. The average molecular weight is 222 g/mol. The summed E-state index contributed by atoms with van der Waals surface area (Å²) in [6, 6.07) is 3.58. The van der Waals surface area contributed by atoms with Crippen LogP contribution in [0.3, 0.4) is 0 Å². The quantitative estimate of drug-likeness (QED) is 0.543. The van der Waals surface area contributed by atoms with Crippen molar-refractivity contribution < 1.29 is 9.21 Å². The van der Waals surface area contributed by atoms with Crippen molar-refractivity contribution in [2.24, 2.45) is 5.73 Å². The number of furan rings is 1. The van der Waals surface area contributed by atoms with Crippen molar-refractivity contribution in [1.82, 2.24) is 5.32 Å². The maximum absolute atomic E-state index is 11.3. The van der Waals surface area contributed by atoms with Crippen LogP contribution in [0, 0.1) is 0 Å². The van der Waals surface area contributed by atoms with E-state index in [1.165, 1.54) is 6.08 Å². The number of rotatable bonds is 7. The molecule has 0 spiro atoms. The van der Waals surface area contributed by atoms with Gasteiger partial charge in [0.15, 0.2) is 0 Å². The molecule has 0 atom stereocenters. The molecule has 4 heteroatoms.